The standard InChI is InChI=1S/C13H11BrF3NO2/c1-20-11-9(12(18-7-19)3-2-4-12)5-8(6-10(11)14)13(15,16)17/h5-6H,2-4H2,1H3. The van der Waals surface area contributed by atoms with E-state index < -0.39 is 17.3 Å². The van der Waals surface area contributed by atoms with Gasteiger partial charge in [-0.3, -0.25) is 0 Å². The van der Waals surface area contributed by atoms with Crippen molar-refractivity contribution in [3.05, 3.63) is 27.7 Å². The van der Waals surface area contributed by atoms with Crippen LogP contribution < -0.4 is 4.74 Å². The van der Waals surface area contributed by atoms with Gasteiger partial charge in [0.05, 0.1) is 17.1 Å². The van der Waals surface area contributed by atoms with Gasteiger partial charge in [0.1, 0.15) is 11.3 Å². The van der Waals surface area contributed by atoms with E-state index in [1.165, 1.54) is 13.2 Å². The molecule has 0 amide bonds. The summed E-state index contributed by atoms with van der Waals surface area (Å²) < 4.78 is 44.1. The Morgan fingerprint density at radius 2 is 2.05 bits per heavy atom. The summed E-state index contributed by atoms with van der Waals surface area (Å²) in [6.07, 6.45) is -1.21. The SMILES string of the molecule is COc1c(Br)cc(C(F)(F)F)cc1C1(N=C=O)CCC1. The van der Waals surface area contributed by atoms with Gasteiger partial charge in [-0.15, -0.1) is 0 Å². The number of halogens is 4. The molecule has 1 aromatic rings. The van der Waals surface area contributed by atoms with Crippen molar-refractivity contribution in [1.29, 1.82) is 0 Å². The molecule has 0 aliphatic heterocycles. The lowest BCUT2D eigenvalue weighted by atomic mass is 9.71. The number of aliphatic imine (C=N–C) groups is 1. The summed E-state index contributed by atoms with van der Waals surface area (Å²) in [4.78, 5) is 14.3. The van der Waals surface area contributed by atoms with Crippen molar-refractivity contribution in [2.45, 2.75) is 31.0 Å². The quantitative estimate of drug-likeness (QED) is 0.606. The monoisotopic (exact) mass is 349 g/mol. The number of rotatable bonds is 3. The summed E-state index contributed by atoms with van der Waals surface area (Å²) in [5.74, 6) is 0.275. The molecule has 7 heteroatoms. The second-order valence-electron chi connectivity index (χ2n) is 4.62. The highest BCUT2D eigenvalue weighted by Crippen LogP contribution is 2.51. The second-order valence-corrected chi connectivity index (χ2v) is 5.48. The average Bonchev–Trinajstić information content (AvgIpc) is 2.31. The molecule has 0 atom stereocenters. The summed E-state index contributed by atoms with van der Waals surface area (Å²) in [5, 5.41) is 0. The third kappa shape index (κ3) is 2.47. The molecule has 0 saturated heterocycles. The fraction of sp³-hybridized carbons (Fsp3) is 0.462. The van der Waals surface area contributed by atoms with Crippen molar-refractivity contribution in [3.8, 4) is 5.75 Å². The minimum Gasteiger partial charge on any atom is -0.495 e. The lowest BCUT2D eigenvalue weighted by molar-refractivity contribution is -0.137. The number of methoxy groups -OCH3 is 1. The van der Waals surface area contributed by atoms with Gasteiger partial charge >= 0.3 is 6.18 Å². The van der Waals surface area contributed by atoms with Crippen LogP contribution in [0.25, 0.3) is 0 Å². The van der Waals surface area contributed by atoms with Crippen LogP contribution in [-0.4, -0.2) is 13.2 Å². The molecule has 0 N–H and O–H groups in total. The van der Waals surface area contributed by atoms with E-state index in [1.54, 1.807) is 0 Å². The normalized spacial score (nSPS) is 17.1. The lowest BCUT2D eigenvalue weighted by Gasteiger charge is -2.38. The highest BCUT2D eigenvalue weighted by atomic mass is 79.9. The van der Waals surface area contributed by atoms with Crippen LogP contribution in [0.1, 0.15) is 30.4 Å². The van der Waals surface area contributed by atoms with E-state index in [-0.39, 0.29) is 15.8 Å². The molecule has 1 aliphatic rings. The van der Waals surface area contributed by atoms with Crippen molar-refractivity contribution in [2.24, 2.45) is 4.99 Å². The molecule has 1 fully saturated rings. The molecule has 3 nitrogen and oxygen atoms in total. The first-order valence-corrected chi connectivity index (χ1v) is 6.67. The summed E-state index contributed by atoms with van der Waals surface area (Å²) in [7, 11) is 1.37. The highest BCUT2D eigenvalue weighted by Gasteiger charge is 2.43. The first kappa shape index (κ1) is 15.1. The number of ether oxygens (including phenoxy) is 1. The third-order valence-corrected chi connectivity index (χ3v) is 4.11. The van der Waals surface area contributed by atoms with E-state index in [9.17, 15) is 18.0 Å². The van der Waals surface area contributed by atoms with E-state index in [2.05, 4.69) is 20.9 Å². The van der Waals surface area contributed by atoms with E-state index in [0.29, 0.717) is 12.8 Å². The fourth-order valence-corrected chi connectivity index (χ4v) is 2.97. The van der Waals surface area contributed by atoms with Crippen molar-refractivity contribution in [2.75, 3.05) is 7.11 Å². The van der Waals surface area contributed by atoms with Crippen LogP contribution in [-0.2, 0) is 16.5 Å². The van der Waals surface area contributed by atoms with Crippen LogP contribution in [0.2, 0.25) is 0 Å². The molecule has 1 aromatic carbocycles. The maximum absolute atomic E-state index is 12.9. The van der Waals surface area contributed by atoms with Crippen LogP contribution in [0.15, 0.2) is 21.6 Å². The van der Waals surface area contributed by atoms with E-state index in [0.717, 1.165) is 18.6 Å². The van der Waals surface area contributed by atoms with E-state index in [4.69, 9.17) is 4.74 Å². The summed E-state index contributed by atoms with van der Waals surface area (Å²) in [6, 6.07) is 1.96. The van der Waals surface area contributed by atoms with Gasteiger partial charge < -0.3 is 4.74 Å². The molecular weight excluding hydrogens is 339 g/mol. The van der Waals surface area contributed by atoms with Crippen molar-refractivity contribution >= 4 is 22.0 Å². The van der Waals surface area contributed by atoms with Gasteiger partial charge in [-0.05, 0) is 47.3 Å². The number of carbonyl (C=O) groups excluding carboxylic acids is 1. The predicted molar refractivity (Wildman–Crippen MR) is 69.3 cm³/mol. The van der Waals surface area contributed by atoms with Crippen molar-refractivity contribution < 1.29 is 22.7 Å². The minimum absolute atomic E-state index is 0.192. The van der Waals surface area contributed by atoms with Gasteiger partial charge in [0, 0.05) is 5.56 Å². The molecule has 1 saturated carbocycles. The number of alkyl halides is 3. The van der Waals surface area contributed by atoms with Gasteiger partial charge in [0.25, 0.3) is 0 Å². The van der Waals surface area contributed by atoms with Gasteiger partial charge in [0.2, 0.25) is 6.08 Å². The van der Waals surface area contributed by atoms with Crippen LogP contribution in [0.5, 0.6) is 5.75 Å². The Kier molecular flexibility index (Phi) is 3.93. The zero-order valence-electron chi connectivity index (χ0n) is 10.6. The molecule has 0 spiro atoms. The van der Waals surface area contributed by atoms with Gasteiger partial charge in [0.15, 0.2) is 0 Å². The first-order valence-electron chi connectivity index (χ1n) is 5.88. The topological polar surface area (TPSA) is 38.7 Å². The summed E-state index contributed by atoms with van der Waals surface area (Å²) in [5.41, 5.74) is -1.47. The number of hydrogen-bond donors (Lipinski definition) is 0. The zero-order valence-corrected chi connectivity index (χ0v) is 12.1. The molecule has 20 heavy (non-hydrogen) atoms. The Morgan fingerprint density at radius 1 is 1.40 bits per heavy atom. The Hall–Kier alpha value is -1.33. The number of isocyanates is 1. The van der Waals surface area contributed by atoms with Gasteiger partial charge in [-0.2, -0.15) is 18.2 Å². The summed E-state index contributed by atoms with van der Waals surface area (Å²) in [6.45, 7) is 0. The molecule has 1 aliphatic carbocycles. The number of nitrogens with zero attached hydrogens (tertiary/aromatic N) is 1. The Bertz CT molecular complexity index is 576. The van der Waals surface area contributed by atoms with Crippen LogP contribution in [0.4, 0.5) is 13.2 Å². The summed E-state index contributed by atoms with van der Waals surface area (Å²) >= 11 is 3.08. The Labute approximate surface area is 122 Å². The highest BCUT2D eigenvalue weighted by molar-refractivity contribution is 9.10. The number of benzene rings is 1. The first-order chi connectivity index (χ1) is 9.34. The van der Waals surface area contributed by atoms with Crippen LogP contribution in [0, 0.1) is 0 Å². The zero-order chi connectivity index (χ0) is 15.0. The second kappa shape index (κ2) is 5.22. The molecule has 2 rings (SSSR count). The van der Waals surface area contributed by atoms with Crippen molar-refractivity contribution in [3.63, 3.8) is 0 Å². The minimum atomic E-state index is -4.47. The van der Waals surface area contributed by atoms with E-state index in [1.807, 2.05) is 0 Å². The van der Waals surface area contributed by atoms with Gasteiger partial charge in [-0.1, -0.05) is 0 Å². The fourth-order valence-electron chi connectivity index (χ4n) is 2.35. The Balaban J connectivity index is 2.66. The largest absolute Gasteiger partial charge is 0.495 e. The Morgan fingerprint density at radius 3 is 2.45 bits per heavy atom. The van der Waals surface area contributed by atoms with Crippen LogP contribution in [0.3, 0.4) is 0 Å². The van der Waals surface area contributed by atoms with Crippen LogP contribution >= 0.6 is 15.9 Å². The molecule has 0 aromatic heterocycles. The third-order valence-electron chi connectivity index (χ3n) is 3.52. The lowest BCUT2D eigenvalue weighted by Crippen LogP contribution is -2.32. The predicted octanol–water partition coefficient (Wildman–Crippen LogP) is 4.19. The molecular formula is C13H11BrF3NO2. The van der Waals surface area contributed by atoms with E-state index >= 15 is 0 Å². The average molecular weight is 350 g/mol. The smallest absolute Gasteiger partial charge is 0.416 e. The molecule has 108 valence electrons. The maximum Gasteiger partial charge on any atom is 0.416 e. The molecule has 0 unspecified atom stereocenters. The van der Waals surface area contributed by atoms with Crippen molar-refractivity contribution in [1.82, 2.24) is 0 Å². The molecule has 0 radical (unpaired) electrons. The molecule has 0 heterocycles. The molecule has 0 bridgehead atoms. The number of hydrogen-bond acceptors (Lipinski definition) is 3. The maximum atomic E-state index is 12.9. The van der Waals surface area contributed by atoms with Gasteiger partial charge in [-0.25, -0.2) is 4.79 Å².